The summed E-state index contributed by atoms with van der Waals surface area (Å²) in [6.45, 7) is 0. The fourth-order valence-corrected chi connectivity index (χ4v) is 6.61. The first-order valence-electron chi connectivity index (χ1n) is 10.9. The van der Waals surface area contributed by atoms with E-state index in [9.17, 15) is 0 Å². The second-order valence-electron chi connectivity index (χ2n) is 8.03. The number of anilines is 1. The Labute approximate surface area is 196 Å². The zero-order chi connectivity index (χ0) is 22.6. The van der Waals surface area contributed by atoms with Crippen molar-refractivity contribution in [1.29, 1.82) is 0 Å². The van der Waals surface area contributed by atoms with Gasteiger partial charge in [0.05, 0.1) is 0 Å². The molecule has 0 N–H and O–H groups in total. The highest BCUT2D eigenvalue weighted by Gasteiger charge is 2.25. The van der Waals surface area contributed by atoms with Crippen LogP contribution >= 0.6 is 7.92 Å². The monoisotopic (exact) mass is 448 g/mol. The van der Waals surface area contributed by atoms with Crippen LogP contribution in [0, 0.1) is 0 Å². The molecule has 0 saturated carbocycles. The Morgan fingerprint density at radius 1 is 0.727 bits per heavy atom. The fraction of sp³-hybridized carbons (Fsp3) is 0.0690. The van der Waals surface area contributed by atoms with E-state index in [0.717, 1.165) is 16.9 Å². The molecule has 0 bridgehead atoms. The topological polar surface area (TPSA) is 29.3 Å². The quantitative estimate of drug-likeness (QED) is 0.306. The van der Waals surface area contributed by atoms with Gasteiger partial charge >= 0.3 is 0 Å². The van der Waals surface area contributed by atoms with Gasteiger partial charge in [-0.1, -0.05) is 91.0 Å². The molecule has 33 heavy (non-hydrogen) atoms. The maximum atomic E-state index is 5.41. The highest BCUT2D eigenvalue weighted by molar-refractivity contribution is 7.80. The number of oxazole rings is 1. The number of nitrogens with zero attached hydrogens (tertiary/aromatic N) is 2. The van der Waals surface area contributed by atoms with Crippen molar-refractivity contribution in [1.82, 2.24) is 4.98 Å². The first-order chi connectivity index (χ1) is 16.2. The van der Waals surface area contributed by atoms with E-state index >= 15 is 0 Å². The van der Waals surface area contributed by atoms with Crippen molar-refractivity contribution in [3.8, 4) is 22.4 Å². The van der Waals surface area contributed by atoms with Crippen LogP contribution in [0.2, 0.25) is 0 Å². The Morgan fingerprint density at radius 2 is 1.30 bits per heavy atom. The van der Waals surface area contributed by atoms with E-state index in [4.69, 9.17) is 4.42 Å². The van der Waals surface area contributed by atoms with Gasteiger partial charge in [0.2, 0.25) is 0 Å². The van der Waals surface area contributed by atoms with E-state index in [0.29, 0.717) is 0 Å². The average molecular weight is 449 g/mol. The van der Waals surface area contributed by atoms with Crippen LogP contribution in [-0.4, -0.2) is 19.1 Å². The van der Waals surface area contributed by atoms with Gasteiger partial charge in [0, 0.05) is 25.3 Å². The normalized spacial score (nSPS) is 11.0. The van der Waals surface area contributed by atoms with Gasteiger partial charge in [-0.05, 0) is 47.1 Å². The third-order valence-electron chi connectivity index (χ3n) is 5.66. The average Bonchev–Trinajstić information content (AvgIpc) is 3.41. The first-order valence-corrected chi connectivity index (χ1v) is 12.3. The van der Waals surface area contributed by atoms with Gasteiger partial charge in [-0.2, -0.15) is 0 Å². The van der Waals surface area contributed by atoms with Crippen LogP contribution in [0.3, 0.4) is 0 Å². The van der Waals surface area contributed by atoms with Crippen molar-refractivity contribution < 1.29 is 4.42 Å². The van der Waals surface area contributed by atoms with Gasteiger partial charge < -0.3 is 9.32 Å². The molecule has 4 aromatic carbocycles. The molecule has 0 spiro atoms. The molecule has 0 radical (unpaired) electrons. The lowest BCUT2D eigenvalue weighted by atomic mass is 9.97. The van der Waals surface area contributed by atoms with E-state index in [1.807, 2.05) is 0 Å². The summed E-state index contributed by atoms with van der Waals surface area (Å²) in [5.74, 6) is 0. The van der Waals surface area contributed by atoms with E-state index in [1.54, 1.807) is 6.26 Å². The summed E-state index contributed by atoms with van der Waals surface area (Å²) in [6.07, 6.45) is 3.24. The predicted octanol–water partition coefficient (Wildman–Crippen LogP) is 5.83. The Morgan fingerprint density at radius 3 is 1.82 bits per heavy atom. The molecule has 0 aliphatic rings. The van der Waals surface area contributed by atoms with Crippen LogP contribution in [0.25, 0.3) is 22.4 Å². The predicted molar refractivity (Wildman–Crippen MR) is 140 cm³/mol. The van der Waals surface area contributed by atoms with Crippen molar-refractivity contribution in [2.24, 2.45) is 0 Å². The molecular formula is C29H25N2OP. The summed E-state index contributed by atoms with van der Waals surface area (Å²) in [7, 11) is 3.36. The van der Waals surface area contributed by atoms with Crippen molar-refractivity contribution in [2.75, 3.05) is 19.0 Å². The molecule has 0 unspecified atom stereocenters. The van der Waals surface area contributed by atoms with Crippen LogP contribution in [0.5, 0.6) is 0 Å². The Hall–Kier alpha value is -3.68. The lowest BCUT2D eigenvalue weighted by molar-refractivity contribution is 0.558. The highest BCUT2D eigenvalue weighted by atomic mass is 31.1. The molecule has 5 rings (SSSR count). The lowest BCUT2D eigenvalue weighted by Crippen LogP contribution is -2.24. The Bertz CT molecular complexity index is 1280. The molecule has 0 fully saturated rings. The molecule has 1 heterocycles. The minimum Gasteiger partial charge on any atom is -0.451 e. The lowest BCUT2D eigenvalue weighted by Gasteiger charge is -2.26. The summed E-state index contributed by atoms with van der Waals surface area (Å²) in [4.78, 5) is 6.70. The van der Waals surface area contributed by atoms with Gasteiger partial charge in [-0.15, -0.1) is 0 Å². The molecule has 3 nitrogen and oxygen atoms in total. The second kappa shape index (κ2) is 9.44. The fourth-order valence-electron chi connectivity index (χ4n) is 4.08. The summed E-state index contributed by atoms with van der Waals surface area (Å²) in [5.41, 5.74) is 5.44. The molecule has 0 atom stereocenters. The highest BCUT2D eigenvalue weighted by Crippen LogP contribution is 2.42. The van der Waals surface area contributed by atoms with Crippen molar-refractivity contribution in [3.05, 3.63) is 116 Å². The smallest absolute Gasteiger partial charge is 0.181 e. The van der Waals surface area contributed by atoms with E-state index < -0.39 is 7.92 Å². The largest absolute Gasteiger partial charge is 0.451 e. The molecule has 1 aromatic heterocycles. The Balaban J connectivity index is 1.88. The molecule has 4 heteroatoms. The molecular weight excluding hydrogens is 423 g/mol. The molecule has 0 aliphatic heterocycles. The van der Waals surface area contributed by atoms with E-state index in [2.05, 4.69) is 127 Å². The SMILES string of the molecule is CN(C)c1cc(-c2cocn2)c(-c2ccccc2)c(P(c2ccccc2)c2ccccc2)c1. The van der Waals surface area contributed by atoms with Crippen LogP contribution in [0.1, 0.15) is 0 Å². The molecule has 0 saturated heterocycles. The first kappa shape index (κ1) is 21.2. The summed E-state index contributed by atoms with van der Waals surface area (Å²) in [6, 6.07) is 36.8. The number of rotatable bonds is 6. The van der Waals surface area contributed by atoms with Crippen LogP contribution in [-0.2, 0) is 0 Å². The van der Waals surface area contributed by atoms with Gasteiger partial charge in [0.15, 0.2) is 6.39 Å². The van der Waals surface area contributed by atoms with Crippen LogP contribution < -0.4 is 20.8 Å². The zero-order valence-electron chi connectivity index (χ0n) is 18.7. The maximum Gasteiger partial charge on any atom is 0.181 e. The van der Waals surface area contributed by atoms with Crippen molar-refractivity contribution in [2.45, 2.75) is 0 Å². The third kappa shape index (κ3) is 4.33. The van der Waals surface area contributed by atoms with Crippen LogP contribution in [0.15, 0.2) is 120 Å². The Kier molecular flexibility index (Phi) is 6.06. The number of benzene rings is 4. The maximum absolute atomic E-state index is 5.41. The van der Waals surface area contributed by atoms with Gasteiger partial charge in [0.25, 0.3) is 0 Å². The van der Waals surface area contributed by atoms with Gasteiger partial charge in [-0.25, -0.2) is 4.98 Å². The van der Waals surface area contributed by atoms with Crippen molar-refractivity contribution in [3.63, 3.8) is 0 Å². The standard InChI is InChI=1S/C29H25N2OP/c1-31(2)23-18-26(27-20-32-21-30-27)29(22-12-6-3-7-13-22)28(19-23)33(24-14-8-4-9-15-24)25-16-10-5-11-17-25/h3-21H,1-2H3. The second-order valence-corrected chi connectivity index (χ2v) is 10.2. The number of hydrogen-bond donors (Lipinski definition) is 0. The minimum absolute atomic E-state index is 0.809. The third-order valence-corrected chi connectivity index (χ3v) is 8.12. The summed E-state index contributed by atoms with van der Waals surface area (Å²) in [5, 5.41) is 3.94. The number of hydrogen-bond acceptors (Lipinski definition) is 3. The summed E-state index contributed by atoms with van der Waals surface area (Å²) < 4.78 is 5.41. The van der Waals surface area contributed by atoms with Crippen molar-refractivity contribution >= 4 is 29.5 Å². The van der Waals surface area contributed by atoms with Crippen LogP contribution in [0.4, 0.5) is 5.69 Å². The molecule has 162 valence electrons. The summed E-state index contributed by atoms with van der Waals surface area (Å²) >= 11 is 0. The molecule has 0 aliphatic carbocycles. The number of aromatic nitrogens is 1. The molecule has 0 amide bonds. The van der Waals surface area contributed by atoms with Gasteiger partial charge in [-0.3, -0.25) is 0 Å². The van der Waals surface area contributed by atoms with E-state index in [1.165, 1.54) is 33.4 Å². The molecule has 5 aromatic rings. The minimum atomic E-state index is -0.809. The van der Waals surface area contributed by atoms with E-state index in [-0.39, 0.29) is 0 Å². The van der Waals surface area contributed by atoms with Gasteiger partial charge in [0.1, 0.15) is 12.0 Å². The zero-order valence-corrected chi connectivity index (χ0v) is 19.6.